The minimum absolute atomic E-state index is 0.0269. The normalized spacial score (nSPS) is 12.6. The van der Waals surface area contributed by atoms with Crippen molar-refractivity contribution >= 4 is 51.1 Å². The highest BCUT2D eigenvalue weighted by Gasteiger charge is 2.30. The number of rotatable bonds is 12. The molecular weight excluding hydrogens is 556 g/mol. The molecule has 2 amide bonds. The number of carbonyl (C=O) groups is 2. The number of benzene rings is 3. The summed E-state index contributed by atoms with van der Waals surface area (Å²) in [6.07, 6.45) is 1.59. The van der Waals surface area contributed by atoms with Crippen LogP contribution in [0, 0.1) is 0 Å². The third-order valence-corrected chi connectivity index (χ3v) is 7.67. The van der Waals surface area contributed by atoms with Gasteiger partial charge in [-0.3, -0.25) is 9.59 Å². The minimum Gasteiger partial charge on any atom is -0.352 e. The maximum absolute atomic E-state index is 13.7. The topological polar surface area (TPSA) is 49.4 Å². The SMILES string of the molecule is CC[C@H](C)NC(=O)[C@@H](Cc1ccccc1)N(Cc1cccc(Br)c1)C(=O)CCSc1ccc(Cl)cc1. The van der Waals surface area contributed by atoms with Crippen LogP contribution in [0.4, 0.5) is 0 Å². The van der Waals surface area contributed by atoms with Crippen LogP contribution in [-0.4, -0.2) is 34.6 Å². The second-order valence-electron chi connectivity index (χ2n) is 8.73. The largest absolute Gasteiger partial charge is 0.352 e. The molecule has 0 saturated carbocycles. The fraction of sp³-hybridized carbons (Fsp3) is 0.310. The lowest BCUT2D eigenvalue weighted by Crippen LogP contribution is -2.52. The first kappa shape index (κ1) is 28.3. The lowest BCUT2D eigenvalue weighted by molar-refractivity contribution is -0.141. The van der Waals surface area contributed by atoms with Crippen LogP contribution < -0.4 is 5.32 Å². The highest BCUT2D eigenvalue weighted by atomic mass is 79.9. The molecule has 3 aromatic rings. The molecule has 0 radical (unpaired) electrons. The van der Waals surface area contributed by atoms with E-state index in [1.807, 2.05) is 92.7 Å². The molecule has 0 fully saturated rings. The number of hydrogen-bond donors (Lipinski definition) is 1. The molecule has 0 spiro atoms. The lowest BCUT2D eigenvalue weighted by atomic mass is 10.0. The molecule has 2 atom stereocenters. The fourth-order valence-corrected chi connectivity index (χ4v) is 5.17. The van der Waals surface area contributed by atoms with E-state index in [2.05, 4.69) is 21.2 Å². The predicted octanol–water partition coefficient (Wildman–Crippen LogP) is 7.14. The smallest absolute Gasteiger partial charge is 0.243 e. The van der Waals surface area contributed by atoms with Crippen molar-refractivity contribution in [2.45, 2.75) is 56.6 Å². The zero-order valence-electron chi connectivity index (χ0n) is 20.6. The number of nitrogens with one attached hydrogen (secondary N) is 1. The zero-order chi connectivity index (χ0) is 25.9. The molecule has 3 aromatic carbocycles. The summed E-state index contributed by atoms with van der Waals surface area (Å²) in [6.45, 7) is 4.38. The first-order valence-electron chi connectivity index (χ1n) is 12.1. The number of halogens is 2. The van der Waals surface area contributed by atoms with E-state index < -0.39 is 6.04 Å². The Morgan fingerprint density at radius 3 is 2.36 bits per heavy atom. The molecule has 0 aliphatic rings. The molecule has 0 heterocycles. The maximum Gasteiger partial charge on any atom is 0.243 e. The van der Waals surface area contributed by atoms with Gasteiger partial charge in [0.05, 0.1) is 0 Å². The summed E-state index contributed by atoms with van der Waals surface area (Å²) in [5.41, 5.74) is 1.99. The highest BCUT2D eigenvalue weighted by Crippen LogP contribution is 2.23. The molecule has 0 aromatic heterocycles. The van der Waals surface area contributed by atoms with Gasteiger partial charge in [-0.15, -0.1) is 11.8 Å². The maximum atomic E-state index is 13.7. The summed E-state index contributed by atoms with van der Waals surface area (Å²) < 4.78 is 0.939. The van der Waals surface area contributed by atoms with Crippen molar-refractivity contribution in [3.63, 3.8) is 0 Å². The fourth-order valence-electron chi connectivity index (χ4n) is 3.76. The third kappa shape index (κ3) is 8.99. The van der Waals surface area contributed by atoms with Gasteiger partial charge in [0.2, 0.25) is 11.8 Å². The van der Waals surface area contributed by atoms with Crippen LogP contribution in [-0.2, 0) is 22.6 Å². The molecule has 3 rings (SSSR count). The van der Waals surface area contributed by atoms with E-state index in [1.54, 1.807) is 16.7 Å². The molecule has 0 aliphatic carbocycles. The van der Waals surface area contributed by atoms with Gasteiger partial charge in [0.25, 0.3) is 0 Å². The van der Waals surface area contributed by atoms with E-state index in [-0.39, 0.29) is 17.9 Å². The van der Waals surface area contributed by atoms with Crippen LogP contribution in [0.25, 0.3) is 0 Å². The average molecular weight is 588 g/mol. The second kappa shape index (κ2) is 14.5. The van der Waals surface area contributed by atoms with Gasteiger partial charge < -0.3 is 10.2 Å². The molecule has 0 bridgehead atoms. The average Bonchev–Trinajstić information content (AvgIpc) is 2.87. The van der Waals surface area contributed by atoms with Crippen molar-refractivity contribution < 1.29 is 9.59 Å². The minimum atomic E-state index is -0.617. The Morgan fingerprint density at radius 2 is 1.69 bits per heavy atom. The lowest BCUT2D eigenvalue weighted by Gasteiger charge is -2.32. The summed E-state index contributed by atoms with van der Waals surface area (Å²) in [5, 5.41) is 3.80. The Hall–Kier alpha value is -2.28. The van der Waals surface area contributed by atoms with Crippen molar-refractivity contribution in [2.75, 3.05) is 5.75 Å². The van der Waals surface area contributed by atoms with Crippen molar-refractivity contribution in [3.05, 3.63) is 99.5 Å². The molecule has 1 N–H and O–H groups in total. The second-order valence-corrected chi connectivity index (χ2v) is 11.2. The van der Waals surface area contributed by atoms with E-state index in [9.17, 15) is 9.59 Å². The third-order valence-electron chi connectivity index (χ3n) is 5.91. The quantitative estimate of drug-likeness (QED) is 0.229. The van der Waals surface area contributed by atoms with Crippen LogP contribution in [0.15, 0.2) is 88.2 Å². The van der Waals surface area contributed by atoms with Gasteiger partial charge >= 0.3 is 0 Å². The summed E-state index contributed by atoms with van der Waals surface area (Å²) in [5.74, 6) is 0.444. The van der Waals surface area contributed by atoms with E-state index in [0.717, 1.165) is 26.9 Å². The van der Waals surface area contributed by atoms with Gasteiger partial charge in [-0.25, -0.2) is 0 Å². The Kier molecular flexibility index (Phi) is 11.4. The van der Waals surface area contributed by atoms with Crippen LogP contribution >= 0.6 is 39.3 Å². The number of hydrogen-bond acceptors (Lipinski definition) is 3. The van der Waals surface area contributed by atoms with Crippen LogP contribution in [0.1, 0.15) is 37.8 Å². The van der Waals surface area contributed by atoms with Gasteiger partial charge in [-0.05, 0) is 60.9 Å². The van der Waals surface area contributed by atoms with E-state index in [1.165, 1.54) is 0 Å². The number of nitrogens with zero attached hydrogens (tertiary/aromatic N) is 1. The molecule has 36 heavy (non-hydrogen) atoms. The molecule has 0 saturated heterocycles. The molecule has 0 unspecified atom stereocenters. The van der Waals surface area contributed by atoms with Crippen molar-refractivity contribution in [2.24, 2.45) is 0 Å². The van der Waals surface area contributed by atoms with Crippen LogP contribution in [0.5, 0.6) is 0 Å². The van der Waals surface area contributed by atoms with Crippen molar-refractivity contribution in [1.82, 2.24) is 10.2 Å². The van der Waals surface area contributed by atoms with Gasteiger partial charge in [0.1, 0.15) is 6.04 Å². The van der Waals surface area contributed by atoms with E-state index in [4.69, 9.17) is 11.6 Å². The van der Waals surface area contributed by atoms with E-state index in [0.29, 0.717) is 30.2 Å². The van der Waals surface area contributed by atoms with Gasteiger partial charge in [0, 0.05) is 45.6 Å². The summed E-state index contributed by atoms with van der Waals surface area (Å²) in [7, 11) is 0. The summed E-state index contributed by atoms with van der Waals surface area (Å²) >= 11 is 11.1. The standard InChI is InChI=1S/C29H32BrClN2O2S/c1-3-21(2)32-29(35)27(19-22-8-5-4-6-9-22)33(20-23-10-7-11-24(30)18-23)28(34)16-17-36-26-14-12-25(31)13-15-26/h4-15,18,21,27H,3,16-17,19-20H2,1-2H3,(H,32,35)/t21-,27+/m0/s1. The van der Waals surface area contributed by atoms with Gasteiger partial charge in [-0.1, -0.05) is 76.9 Å². The molecule has 190 valence electrons. The monoisotopic (exact) mass is 586 g/mol. The predicted molar refractivity (Wildman–Crippen MR) is 153 cm³/mol. The van der Waals surface area contributed by atoms with Gasteiger partial charge in [0.15, 0.2) is 0 Å². The number of carbonyl (C=O) groups excluding carboxylic acids is 2. The van der Waals surface area contributed by atoms with Crippen molar-refractivity contribution in [3.8, 4) is 0 Å². The van der Waals surface area contributed by atoms with Crippen LogP contribution in [0.2, 0.25) is 5.02 Å². The molecule has 0 aliphatic heterocycles. The summed E-state index contributed by atoms with van der Waals surface area (Å²) in [4.78, 5) is 30.0. The molecule has 7 heteroatoms. The van der Waals surface area contributed by atoms with E-state index >= 15 is 0 Å². The van der Waals surface area contributed by atoms with Gasteiger partial charge in [-0.2, -0.15) is 0 Å². The Bertz CT molecular complexity index is 1130. The number of thioether (sulfide) groups is 1. The Morgan fingerprint density at radius 1 is 1.00 bits per heavy atom. The first-order chi connectivity index (χ1) is 17.4. The highest BCUT2D eigenvalue weighted by molar-refractivity contribution is 9.10. The first-order valence-corrected chi connectivity index (χ1v) is 14.3. The Balaban J connectivity index is 1.85. The van der Waals surface area contributed by atoms with Crippen LogP contribution in [0.3, 0.4) is 0 Å². The Labute approximate surface area is 231 Å². The molecule has 4 nitrogen and oxygen atoms in total. The number of amides is 2. The molecular formula is C29H32BrClN2O2S. The zero-order valence-corrected chi connectivity index (χ0v) is 23.8. The van der Waals surface area contributed by atoms with Crippen molar-refractivity contribution in [1.29, 1.82) is 0 Å². The summed E-state index contributed by atoms with van der Waals surface area (Å²) in [6, 6.07) is 24.8.